The standard InChI is InChI=1S/C18H31N3/c1-16(2)21-14-10-17(11-15-21)19-12-7-13-20(3)18-8-5-4-6-9-18/h4-6,8-9,16-17,19H,7,10-15H2,1-3H3. The molecule has 0 atom stereocenters. The predicted molar refractivity (Wildman–Crippen MR) is 92.1 cm³/mol. The van der Waals surface area contributed by atoms with Crippen molar-refractivity contribution in [2.24, 2.45) is 0 Å². The van der Waals surface area contributed by atoms with Gasteiger partial charge in [-0.3, -0.25) is 0 Å². The largest absolute Gasteiger partial charge is 0.375 e. The lowest BCUT2D eigenvalue weighted by Gasteiger charge is -2.35. The average Bonchev–Trinajstić information content (AvgIpc) is 2.52. The third-order valence-corrected chi connectivity index (χ3v) is 4.56. The van der Waals surface area contributed by atoms with Crippen molar-refractivity contribution < 1.29 is 0 Å². The lowest BCUT2D eigenvalue weighted by Crippen LogP contribution is -2.45. The summed E-state index contributed by atoms with van der Waals surface area (Å²) >= 11 is 0. The first-order valence-corrected chi connectivity index (χ1v) is 8.40. The number of likely N-dealkylation sites (tertiary alicyclic amines) is 1. The molecule has 1 fully saturated rings. The van der Waals surface area contributed by atoms with Crippen LogP contribution in [0.5, 0.6) is 0 Å². The fourth-order valence-electron chi connectivity index (χ4n) is 3.05. The minimum atomic E-state index is 0.700. The third-order valence-electron chi connectivity index (χ3n) is 4.56. The second kappa shape index (κ2) is 8.40. The number of benzene rings is 1. The van der Waals surface area contributed by atoms with E-state index >= 15 is 0 Å². The third kappa shape index (κ3) is 5.33. The Hall–Kier alpha value is -1.06. The van der Waals surface area contributed by atoms with Gasteiger partial charge in [-0.25, -0.2) is 0 Å². The SMILES string of the molecule is CC(C)N1CCC(NCCCN(C)c2ccccc2)CC1. The summed E-state index contributed by atoms with van der Waals surface area (Å²) in [5.74, 6) is 0. The van der Waals surface area contributed by atoms with Crippen LogP contribution in [-0.2, 0) is 0 Å². The fourth-order valence-corrected chi connectivity index (χ4v) is 3.05. The fraction of sp³-hybridized carbons (Fsp3) is 0.667. The van der Waals surface area contributed by atoms with Crippen molar-refractivity contribution >= 4 is 5.69 Å². The van der Waals surface area contributed by atoms with Gasteiger partial charge in [-0.15, -0.1) is 0 Å². The zero-order valence-electron chi connectivity index (χ0n) is 13.9. The van der Waals surface area contributed by atoms with Gasteiger partial charge in [0.15, 0.2) is 0 Å². The Morgan fingerprint density at radius 3 is 2.48 bits per heavy atom. The quantitative estimate of drug-likeness (QED) is 0.779. The maximum Gasteiger partial charge on any atom is 0.0363 e. The van der Waals surface area contributed by atoms with Crippen LogP contribution in [0, 0.1) is 0 Å². The van der Waals surface area contributed by atoms with Crippen molar-refractivity contribution in [3.63, 3.8) is 0 Å². The van der Waals surface area contributed by atoms with Gasteiger partial charge in [-0.05, 0) is 64.9 Å². The van der Waals surface area contributed by atoms with Crippen LogP contribution in [0.2, 0.25) is 0 Å². The molecule has 1 aromatic carbocycles. The highest BCUT2D eigenvalue weighted by Gasteiger charge is 2.19. The van der Waals surface area contributed by atoms with E-state index < -0.39 is 0 Å². The van der Waals surface area contributed by atoms with Crippen molar-refractivity contribution in [2.75, 3.05) is 38.1 Å². The van der Waals surface area contributed by atoms with Crippen molar-refractivity contribution in [1.29, 1.82) is 0 Å². The van der Waals surface area contributed by atoms with Crippen LogP contribution >= 0.6 is 0 Å². The molecule has 0 amide bonds. The Balaban J connectivity index is 1.58. The van der Waals surface area contributed by atoms with Gasteiger partial charge >= 0.3 is 0 Å². The highest BCUT2D eigenvalue weighted by atomic mass is 15.2. The molecular weight excluding hydrogens is 258 g/mol. The van der Waals surface area contributed by atoms with Gasteiger partial charge < -0.3 is 15.1 Å². The molecule has 1 aliphatic rings. The van der Waals surface area contributed by atoms with Gasteiger partial charge in [-0.1, -0.05) is 18.2 Å². The predicted octanol–water partition coefficient (Wildman–Crippen LogP) is 2.98. The van der Waals surface area contributed by atoms with Crippen molar-refractivity contribution in [1.82, 2.24) is 10.2 Å². The number of nitrogens with zero attached hydrogens (tertiary/aromatic N) is 2. The van der Waals surface area contributed by atoms with E-state index in [-0.39, 0.29) is 0 Å². The van der Waals surface area contributed by atoms with E-state index in [9.17, 15) is 0 Å². The summed E-state index contributed by atoms with van der Waals surface area (Å²) in [5.41, 5.74) is 1.31. The molecule has 0 radical (unpaired) electrons. The number of nitrogens with one attached hydrogen (secondary N) is 1. The van der Waals surface area contributed by atoms with Crippen LogP contribution in [0.15, 0.2) is 30.3 Å². The van der Waals surface area contributed by atoms with Gasteiger partial charge in [-0.2, -0.15) is 0 Å². The Morgan fingerprint density at radius 1 is 1.19 bits per heavy atom. The minimum absolute atomic E-state index is 0.700. The van der Waals surface area contributed by atoms with Gasteiger partial charge in [0, 0.05) is 31.4 Å². The van der Waals surface area contributed by atoms with Crippen LogP contribution in [0.4, 0.5) is 5.69 Å². The molecule has 118 valence electrons. The van der Waals surface area contributed by atoms with E-state index in [0.717, 1.165) is 19.1 Å². The number of anilines is 1. The molecule has 3 nitrogen and oxygen atoms in total. The molecule has 0 aromatic heterocycles. The molecule has 0 saturated carbocycles. The molecule has 1 heterocycles. The molecule has 2 rings (SSSR count). The van der Waals surface area contributed by atoms with Gasteiger partial charge in [0.25, 0.3) is 0 Å². The summed E-state index contributed by atoms with van der Waals surface area (Å²) in [6, 6.07) is 12.1. The smallest absolute Gasteiger partial charge is 0.0363 e. The van der Waals surface area contributed by atoms with E-state index in [1.165, 1.54) is 38.0 Å². The highest BCUT2D eigenvalue weighted by Crippen LogP contribution is 2.13. The summed E-state index contributed by atoms with van der Waals surface area (Å²) in [6.45, 7) is 9.34. The van der Waals surface area contributed by atoms with Crippen molar-refractivity contribution in [3.05, 3.63) is 30.3 Å². The monoisotopic (exact) mass is 289 g/mol. The Kier molecular flexibility index (Phi) is 6.52. The molecule has 0 spiro atoms. The van der Waals surface area contributed by atoms with Crippen LogP contribution in [0.25, 0.3) is 0 Å². The number of hydrogen-bond acceptors (Lipinski definition) is 3. The Bertz CT molecular complexity index is 383. The first-order valence-electron chi connectivity index (χ1n) is 8.40. The van der Waals surface area contributed by atoms with E-state index in [1.54, 1.807) is 0 Å². The number of rotatable bonds is 7. The summed E-state index contributed by atoms with van der Waals surface area (Å²) in [7, 11) is 2.18. The second-order valence-electron chi connectivity index (χ2n) is 6.47. The summed E-state index contributed by atoms with van der Waals surface area (Å²) in [5, 5.41) is 3.73. The highest BCUT2D eigenvalue weighted by molar-refractivity contribution is 5.44. The molecule has 1 aromatic rings. The van der Waals surface area contributed by atoms with Gasteiger partial charge in [0.1, 0.15) is 0 Å². The zero-order chi connectivity index (χ0) is 15.1. The lowest BCUT2D eigenvalue weighted by molar-refractivity contribution is 0.161. The molecule has 21 heavy (non-hydrogen) atoms. The van der Waals surface area contributed by atoms with Crippen molar-refractivity contribution in [2.45, 2.75) is 45.2 Å². The van der Waals surface area contributed by atoms with Gasteiger partial charge in [0.2, 0.25) is 0 Å². The zero-order valence-corrected chi connectivity index (χ0v) is 13.9. The number of hydrogen-bond donors (Lipinski definition) is 1. The van der Waals surface area contributed by atoms with E-state index in [2.05, 4.69) is 66.3 Å². The van der Waals surface area contributed by atoms with E-state index in [0.29, 0.717) is 6.04 Å². The van der Waals surface area contributed by atoms with E-state index in [1.807, 2.05) is 0 Å². The van der Waals surface area contributed by atoms with Crippen molar-refractivity contribution in [3.8, 4) is 0 Å². The first-order chi connectivity index (χ1) is 10.2. The average molecular weight is 289 g/mol. The number of piperidine rings is 1. The van der Waals surface area contributed by atoms with Crippen LogP contribution in [0.1, 0.15) is 33.1 Å². The molecule has 1 saturated heterocycles. The molecule has 3 heteroatoms. The summed E-state index contributed by atoms with van der Waals surface area (Å²) in [6.07, 6.45) is 3.80. The first kappa shape index (κ1) is 16.3. The Morgan fingerprint density at radius 2 is 1.86 bits per heavy atom. The van der Waals surface area contributed by atoms with Crippen LogP contribution in [-0.4, -0.2) is 50.2 Å². The second-order valence-corrected chi connectivity index (χ2v) is 6.47. The topological polar surface area (TPSA) is 18.5 Å². The molecule has 0 unspecified atom stereocenters. The maximum atomic E-state index is 3.73. The Labute approximate surface area is 130 Å². The lowest BCUT2D eigenvalue weighted by atomic mass is 10.0. The molecular formula is C18H31N3. The maximum absolute atomic E-state index is 3.73. The molecule has 0 bridgehead atoms. The van der Waals surface area contributed by atoms with Crippen LogP contribution < -0.4 is 10.2 Å². The minimum Gasteiger partial charge on any atom is -0.375 e. The number of para-hydroxylation sites is 1. The summed E-state index contributed by atoms with van der Waals surface area (Å²) in [4.78, 5) is 4.92. The van der Waals surface area contributed by atoms with Gasteiger partial charge in [0.05, 0.1) is 0 Å². The van der Waals surface area contributed by atoms with E-state index in [4.69, 9.17) is 0 Å². The molecule has 1 aliphatic heterocycles. The molecule has 0 aliphatic carbocycles. The molecule has 1 N–H and O–H groups in total. The van der Waals surface area contributed by atoms with Crippen LogP contribution in [0.3, 0.4) is 0 Å². The normalized spacial score (nSPS) is 17.3. The summed E-state index contributed by atoms with van der Waals surface area (Å²) < 4.78 is 0.